The number of aliphatic hydroxyl groups excluding tert-OH is 1. The van der Waals surface area contributed by atoms with E-state index in [1.54, 1.807) is 0 Å². The van der Waals surface area contributed by atoms with Crippen LogP contribution in [0.15, 0.2) is 6.07 Å². The van der Waals surface area contributed by atoms with Crippen LogP contribution in [-0.4, -0.2) is 34.3 Å². The minimum Gasteiger partial charge on any atom is -0.394 e. The molecule has 1 aromatic heterocycles. The molecule has 0 spiro atoms. The summed E-state index contributed by atoms with van der Waals surface area (Å²) in [5.74, 6) is 2.65. The average Bonchev–Trinajstić information content (AvgIpc) is 2.29. The Morgan fingerprint density at radius 3 is 2.41 bits per heavy atom. The van der Waals surface area contributed by atoms with Crippen LogP contribution in [0.3, 0.4) is 0 Å². The van der Waals surface area contributed by atoms with Crippen molar-refractivity contribution in [2.24, 2.45) is 0 Å². The van der Waals surface area contributed by atoms with Crippen LogP contribution < -0.4 is 10.6 Å². The van der Waals surface area contributed by atoms with E-state index in [2.05, 4.69) is 34.4 Å². The van der Waals surface area contributed by atoms with Crippen LogP contribution >= 0.6 is 0 Å². The van der Waals surface area contributed by atoms with E-state index in [0.29, 0.717) is 0 Å². The van der Waals surface area contributed by atoms with Crippen LogP contribution in [0.25, 0.3) is 0 Å². The van der Waals surface area contributed by atoms with E-state index in [0.717, 1.165) is 24.0 Å². The van der Waals surface area contributed by atoms with Gasteiger partial charge in [0.15, 0.2) is 0 Å². The molecule has 3 N–H and O–H groups in total. The van der Waals surface area contributed by atoms with Crippen molar-refractivity contribution in [3.05, 3.63) is 11.9 Å². The van der Waals surface area contributed by atoms with Crippen molar-refractivity contribution in [2.75, 3.05) is 23.8 Å². The molecule has 0 saturated heterocycles. The first-order valence-electron chi connectivity index (χ1n) is 6.07. The van der Waals surface area contributed by atoms with Crippen LogP contribution in [0.1, 0.15) is 39.4 Å². The third-order valence-electron chi connectivity index (χ3n) is 2.29. The lowest BCUT2D eigenvalue weighted by Gasteiger charge is -2.15. The van der Waals surface area contributed by atoms with E-state index in [1.165, 1.54) is 0 Å². The highest BCUT2D eigenvalue weighted by Crippen LogP contribution is 2.17. The lowest BCUT2D eigenvalue weighted by molar-refractivity contribution is 0.281. The highest BCUT2D eigenvalue weighted by Gasteiger charge is 2.09. The molecule has 5 heteroatoms. The maximum Gasteiger partial charge on any atom is 0.135 e. The zero-order valence-electron chi connectivity index (χ0n) is 11.0. The summed E-state index contributed by atoms with van der Waals surface area (Å²) in [4.78, 5) is 8.86. The number of hydrogen-bond acceptors (Lipinski definition) is 5. The van der Waals surface area contributed by atoms with Crippen molar-refractivity contribution in [2.45, 2.75) is 39.7 Å². The van der Waals surface area contributed by atoms with Crippen LogP contribution in [0.5, 0.6) is 0 Å². The zero-order chi connectivity index (χ0) is 12.8. The normalized spacial score (nSPS) is 12.6. The SMILES string of the molecule is CCNc1cc(NC(C)CO)nc(C(C)C)n1. The van der Waals surface area contributed by atoms with Gasteiger partial charge in [-0.3, -0.25) is 0 Å². The number of aliphatic hydroxyl groups is 1. The van der Waals surface area contributed by atoms with Gasteiger partial charge in [0, 0.05) is 24.6 Å². The van der Waals surface area contributed by atoms with E-state index in [4.69, 9.17) is 5.11 Å². The number of nitrogens with zero attached hydrogens (tertiary/aromatic N) is 2. The molecular weight excluding hydrogens is 216 g/mol. The fraction of sp³-hybridized carbons (Fsp3) is 0.667. The number of rotatable bonds is 6. The molecule has 0 aliphatic carbocycles. The highest BCUT2D eigenvalue weighted by atomic mass is 16.3. The summed E-state index contributed by atoms with van der Waals surface area (Å²) in [5, 5.41) is 15.4. The molecule has 1 rings (SSSR count). The van der Waals surface area contributed by atoms with E-state index in [9.17, 15) is 0 Å². The van der Waals surface area contributed by atoms with E-state index in [1.807, 2.05) is 19.9 Å². The monoisotopic (exact) mass is 238 g/mol. The second-order valence-electron chi connectivity index (χ2n) is 4.41. The molecule has 0 radical (unpaired) electrons. The molecule has 1 atom stereocenters. The Bertz CT molecular complexity index is 354. The topological polar surface area (TPSA) is 70.1 Å². The summed E-state index contributed by atoms with van der Waals surface area (Å²) < 4.78 is 0. The van der Waals surface area contributed by atoms with Gasteiger partial charge in [-0.1, -0.05) is 13.8 Å². The molecule has 1 heterocycles. The first-order chi connectivity index (χ1) is 8.06. The number of anilines is 2. The summed E-state index contributed by atoms with van der Waals surface area (Å²) >= 11 is 0. The minimum absolute atomic E-state index is 0.0145. The summed E-state index contributed by atoms with van der Waals surface area (Å²) in [6.07, 6.45) is 0. The predicted molar refractivity (Wildman–Crippen MR) is 70.5 cm³/mol. The summed E-state index contributed by atoms with van der Waals surface area (Å²) in [5.41, 5.74) is 0. The Morgan fingerprint density at radius 2 is 1.88 bits per heavy atom. The molecule has 0 aliphatic rings. The van der Waals surface area contributed by atoms with Crippen LogP contribution in [-0.2, 0) is 0 Å². The third-order valence-corrected chi connectivity index (χ3v) is 2.29. The van der Waals surface area contributed by atoms with Crippen molar-refractivity contribution in [1.29, 1.82) is 0 Å². The van der Waals surface area contributed by atoms with Gasteiger partial charge in [-0.25, -0.2) is 9.97 Å². The second-order valence-corrected chi connectivity index (χ2v) is 4.41. The maximum atomic E-state index is 9.03. The Labute approximate surface area is 103 Å². The lowest BCUT2D eigenvalue weighted by atomic mass is 10.2. The summed E-state index contributed by atoms with van der Waals surface area (Å²) in [7, 11) is 0. The molecule has 1 aromatic rings. The number of nitrogens with one attached hydrogen (secondary N) is 2. The lowest BCUT2D eigenvalue weighted by Crippen LogP contribution is -2.21. The van der Waals surface area contributed by atoms with Gasteiger partial charge < -0.3 is 15.7 Å². The summed E-state index contributed by atoms with van der Waals surface area (Å²) in [6.45, 7) is 8.96. The van der Waals surface area contributed by atoms with Gasteiger partial charge in [-0.05, 0) is 13.8 Å². The zero-order valence-corrected chi connectivity index (χ0v) is 11.0. The summed E-state index contributed by atoms with van der Waals surface area (Å²) in [6, 6.07) is 1.85. The van der Waals surface area contributed by atoms with Crippen LogP contribution in [0.2, 0.25) is 0 Å². The van der Waals surface area contributed by atoms with Gasteiger partial charge in [0.2, 0.25) is 0 Å². The van der Waals surface area contributed by atoms with Crippen molar-refractivity contribution in [3.8, 4) is 0 Å². The van der Waals surface area contributed by atoms with Gasteiger partial charge in [0.25, 0.3) is 0 Å². The van der Waals surface area contributed by atoms with Crippen LogP contribution in [0.4, 0.5) is 11.6 Å². The standard InChI is InChI=1S/C12H22N4O/c1-5-13-10-6-11(14-9(4)7-17)16-12(15-10)8(2)3/h6,8-9,17H,5,7H2,1-4H3,(H2,13,14,15,16). The van der Waals surface area contributed by atoms with Crippen LogP contribution in [0, 0.1) is 0 Å². The Morgan fingerprint density at radius 1 is 1.24 bits per heavy atom. The Balaban J connectivity index is 2.94. The quantitative estimate of drug-likeness (QED) is 0.705. The largest absolute Gasteiger partial charge is 0.394 e. The van der Waals surface area contributed by atoms with Gasteiger partial charge in [0.05, 0.1) is 6.61 Å². The van der Waals surface area contributed by atoms with E-state index >= 15 is 0 Å². The molecule has 0 amide bonds. The first-order valence-corrected chi connectivity index (χ1v) is 6.07. The van der Waals surface area contributed by atoms with Crippen molar-refractivity contribution >= 4 is 11.6 Å². The highest BCUT2D eigenvalue weighted by molar-refractivity contribution is 5.48. The Hall–Kier alpha value is -1.36. The molecule has 17 heavy (non-hydrogen) atoms. The fourth-order valence-electron chi connectivity index (χ4n) is 1.37. The van der Waals surface area contributed by atoms with Gasteiger partial charge in [0.1, 0.15) is 17.5 Å². The molecule has 0 aliphatic heterocycles. The van der Waals surface area contributed by atoms with Gasteiger partial charge in [-0.15, -0.1) is 0 Å². The maximum absolute atomic E-state index is 9.03. The van der Waals surface area contributed by atoms with Crippen molar-refractivity contribution in [1.82, 2.24) is 9.97 Å². The van der Waals surface area contributed by atoms with E-state index < -0.39 is 0 Å². The first kappa shape index (κ1) is 13.7. The molecule has 0 saturated carbocycles. The molecule has 0 fully saturated rings. The molecule has 0 bridgehead atoms. The predicted octanol–water partition coefficient (Wildman–Crippen LogP) is 1.82. The molecule has 5 nitrogen and oxygen atoms in total. The van der Waals surface area contributed by atoms with Crippen molar-refractivity contribution in [3.63, 3.8) is 0 Å². The van der Waals surface area contributed by atoms with Gasteiger partial charge in [-0.2, -0.15) is 0 Å². The van der Waals surface area contributed by atoms with Gasteiger partial charge >= 0.3 is 0 Å². The van der Waals surface area contributed by atoms with Crippen molar-refractivity contribution < 1.29 is 5.11 Å². The molecule has 0 aromatic carbocycles. The Kier molecular flexibility index (Phi) is 5.15. The molecule has 96 valence electrons. The second kappa shape index (κ2) is 6.39. The molecule has 1 unspecified atom stereocenters. The fourth-order valence-corrected chi connectivity index (χ4v) is 1.37. The minimum atomic E-state index is -0.0145. The third kappa shape index (κ3) is 4.19. The number of hydrogen-bond donors (Lipinski definition) is 3. The van der Waals surface area contributed by atoms with E-state index in [-0.39, 0.29) is 18.6 Å². The number of aromatic nitrogens is 2. The average molecular weight is 238 g/mol. The smallest absolute Gasteiger partial charge is 0.135 e. The molecular formula is C12H22N4O.